The summed E-state index contributed by atoms with van der Waals surface area (Å²) in [6.45, 7) is 0. The van der Waals surface area contributed by atoms with E-state index in [1.54, 1.807) is 0 Å². The summed E-state index contributed by atoms with van der Waals surface area (Å²) < 4.78 is 0. The minimum absolute atomic E-state index is 0.698. The SMILES string of the molecule is Nc1ccc(-c2cccc3c2-c2ccccc2C3)c(N)c1. The molecule has 21 heavy (non-hydrogen) atoms. The molecule has 0 radical (unpaired) electrons. The van der Waals surface area contributed by atoms with Gasteiger partial charge in [-0.3, -0.25) is 0 Å². The fourth-order valence-electron chi connectivity index (χ4n) is 3.24. The van der Waals surface area contributed by atoms with Crippen molar-refractivity contribution in [2.45, 2.75) is 6.42 Å². The Morgan fingerprint density at radius 3 is 2.29 bits per heavy atom. The van der Waals surface area contributed by atoms with Gasteiger partial charge in [-0.15, -0.1) is 0 Å². The average molecular weight is 272 g/mol. The summed E-state index contributed by atoms with van der Waals surface area (Å²) in [5, 5.41) is 0. The van der Waals surface area contributed by atoms with E-state index in [1.165, 1.54) is 27.8 Å². The molecule has 0 saturated carbocycles. The normalized spacial score (nSPS) is 12.0. The molecule has 0 unspecified atom stereocenters. The van der Waals surface area contributed by atoms with Crippen LogP contribution in [0, 0.1) is 0 Å². The van der Waals surface area contributed by atoms with Crippen molar-refractivity contribution < 1.29 is 0 Å². The van der Waals surface area contributed by atoms with Crippen LogP contribution in [0.25, 0.3) is 22.3 Å². The first-order valence-electron chi connectivity index (χ1n) is 7.09. The van der Waals surface area contributed by atoms with Gasteiger partial charge < -0.3 is 11.5 Å². The monoisotopic (exact) mass is 272 g/mol. The predicted octanol–water partition coefficient (Wildman–Crippen LogP) is 4.09. The lowest BCUT2D eigenvalue weighted by Crippen LogP contribution is -1.94. The minimum atomic E-state index is 0.698. The van der Waals surface area contributed by atoms with Gasteiger partial charge in [0.15, 0.2) is 0 Å². The topological polar surface area (TPSA) is 52.0 Å². The lowest BCUT2D eigenvalue weighted by Gasteiger charge is -2.12. The molecule has 0 spiro atoms. The maximum absolute atomic E-state index is 6.19. The molecule has 0 aliphatic heterocycles. The first kappa shape index (κ1) is 12.0. The van der Waals surface area contributed by atoms with E-state index in [-0.39, 0.29) is 0 Å². The van der Waals surface area contributed by atoms with Gasteiger partial charge in [0.05, 0.1) is 0 Å². The zero-order chi connectivity index (χ0) is 14.4. The lowest BCUT2D eigenvalue weighted by molar-refractivity contribution is 1.26. The fraction of sp³-hybridized carbons (Fsp3) is 0.0526. The van der Waals surface area contributed by atoms with Gasteiger partial charge in [0.25, 0.3) is 0 Å². The number of hydrogen-bond acceptors (Lipinski definition) is 2. The zero-order valence-corrected chi connectivity index (χ0v) is 11.6. The van der Waals surface area contributed by atoms with Crippen LogP contribution in [0.15, 0.2) is 60.7 Å². The fourth-order valence-corrected chi connectivity index (χ4v) is 3.24. The van der Waals surface area contributed by atoms with Crippen LogP contribution in [0.2, 0.25) is 0 Å². The van der Waals surface area contributed by atoms with Gasteiger partial charge >= 0.3 is 0 Å². The van der Waals surface area contributed by atoms with Gasteiger partial charge in [-0.1, -0.05) is 48.5 Å². The summed E-state index contributed by atoms with van der Waals surface area (Å²) in [5.41, 5.74) is 21.1. The van der Waals surface area contributed by atoms with E-state index >= 15 is 0 Å². The molecule has 3 aromatic carbocycles. The summed E-state index contributed by atoms with van der Waals surface area (Å²) in [7, 11) is 0. The molecule has 0 atom stereocenters. The van der Waals surface area contributed by atoms with Crippen LogP contribution in [0.4, 0.5) is 11.4 Å². The number of hydrogen-bond donors (Lipinski definition) is 2. The van der Waals surface area contributed by atoms with E-state index < -0.39 is 0 Å². The van der Waals surface area contributed by atoms with Crippen LogP contribution in [-0.2, 0) is 6.42 Å². The third kappa shape index (κ3) is 1.80. The highest BCUT2D eigenvalue weighted by molar-refractivity contribution is 5.94. The molecule has 0 aromatic heterocycles. The van der Waals surface area contributed by atoms with Gasteiger partial charge in [0, 0.05) is 16.9 Å². The Labute approximate surface area is 124 Å². The highest BCUT2D eigenvalue weighted by atomic mass is 14.6. The van der Waals surface area contributed by atoms with Crippen molar-refractivity contribution in [3.8, 4) is 22.3 Å². The van der Waals surface area contributed by atoms with Crippen molar-refractivity contribution in [2.75, 3.05) is 11.5 Å². The van der Waals surface area contributed by atoms with E-state index in [1.807, 2.05) is 18.2 Å². The van der Waals surface area contributed by atoms with Crippen LogP contribution < -0.4 is 11.5 Å². The molecule has 3 aromatic rings. The van der Waals surface area contributed by atoms with Crippen molar-refractivity contribution in [1.82, 2.24) is 0 Å². The number of rotatable bonds is 1. The highest BCUT2D eigenvalue weighted by Gasteiger charge is 2.21. The molecule has 0 amide bonds. The Kier molecular flexibility index (Phi) is 2.51. The predicted molar refractivity (Wildman–Crippen MR) is 88.9 cm³/mol. The van der Waals surface area contributed by atoms with Crippen molar-refractivity contribution in [2.24, 2.45) is 0 Å². The molecule has 4 N–H and O–H groups in total. The molecule has 1 aliphatic rings. The summed E-state index contributed by atoms with van der Waals surface area (Å²) in [4.78, 5) is 0. The zero-order valence-electron chi connectivity index (χ0n) is 11.6. The third-order valence-electron chi connectivity index (χ3n) is 4.18. The Morgan fingerprint density at radius 1 is 0.667 bits per heavy atom. The highest BCUT2D eigenvalue weighted by Crippen LogP contribution is 2.44. The van der Waals surface area contributed by atoms with Crippen molar-refractivity contribution in [3.05, 3.63) is 71.8 Å². The maximum atomic E-state index is 6.19. The van der Waals surface area contributed by atoms with Crippen LogP contribution in [0.1, 0.15) is 11.1 Å². The molecule has 0 fully saturated rings. The molecular formula is C19H16N2. The van der Waals surface area contributed by atoms with Crippen LogP contribution in [0.3, 0.4) is 0 Å². The Balaban J connectivity index is 2.00. The molecule has 2 heteroatoms. The Bertz CT molecular complexity index is 850. The number of nitrogen functional groups attached to an aromatic ring is 2. The molecule has 0 heterocycles. The van der Waals surface area contributed by atoms with E-state index in [2.05, 4.69) is 42.5 Å². The summed E-state index contributed by atoms with van der Waals surface area (Å²) in [6, 6.07) is 20.8. The average Bonchev–Trinajstić information content (AvgIpc) is 2.86. The summed E-state index contributed by atoms with van der Waals surface area (Å²) in [6.07, 6.45) is 0.994. The van der Waals surface area contributed by atoms with E-state index in [9.17, 15) is 0 Å². The van der Waals surface area contributed by atoms with E-state index in [0.717, 1.165) is 17.7 Å². The number of anilines is 2. The van der Waals surface area contributed by atoms with E-state index in [4.69, 9.17) is 11.5 Å². The Morgan fingerprint density at radius 2 is 1.43 bits per heavy atom. The van der Waals surface area contributed by atoms with Crippen LogP contribution >= 0.6 is 0 Å². The maximum Gasteiger partial charge on any atom is 0.0414 e. The number of nitrogens with two attached hydrogens (primary N) is 2. The quantitative estimate of drug-likeness (QED) is 0.513. The van der Waals surface area contributed by atoms with E-state index in [0.29, 0.717) is 5.69 Å². The van der Waals surface area contributed by atoms with Gasteiger partial charge in [-0.2, -0.15) is 0 Å². The molecule has 102 valence electrons. The van der Waals surface area contributed by atoms with Gasteiger partial charge in [-0.25, -0.2) is 0 Å². The smallest absolute Gasteiger partial charge is 0.0414 e. The molecular weight excluding hydrogens is 256 g/mol. The van der Waals surface area contributed by atoms with Crippen molar-refractivity contribution in [3.63, 3.8) is 0 Å². The standard InChI is InChI=1S/C19H16N2/c20-14-8-9-16(18(21)11-14)17-7-3-5-13-10-12-4-1-2-6-15(12)19(13)17/h1-9,11H,10,20-21H2. The molecule has 0 saturated heterocycles. The largest absolute Gasteiger partial charge is 0.399 e. The van der Waals surface area contributed by atoms with Gasteiger partial charge in [0.2, 0.25) is 0 Å². The second kappa shape index (κ2) is 4.38. The number of benzene rings is 3. The van der Waals surface area contributed by atoms with Crippen molar-refractivity contribution in [1.29, 1.82) is 0 Å². The first-order chi connectivity index (χ1) is 10.2. The molecule has 2 nitrogen and oxygen atoms in total. The summed E-state index contributed by atoms with van der Waals surface area (Å²) >= 11 is 0. The van der Waals surface area contributed by atoms with Crippen LogP contribution in [0.5, 0.6) is 0 Å². The number of fused-ring (bicyclic) bond motifs is 3. The first-order valence-corrected chi connectivity index (χ1v) is 7.09. The second-order valence-electron chi connectivity index (χ2n) is 5.52. The molecule has 4 rings (SSSR count). The van der Waals surface area contributed by atoms with Gasteiger partial charge in [0.1, 0.15) is 0 Å². The lowest BCUT2D eigenvalue weighted by atomic mass is 9.93. The second-order valence-corrected chi connectivity index (χ2v) is 5.52. The molecule has 0 bridgehead atoms. The van der Waals surface area contributed by atoms with Crippen LogP contribution in [-0.4, -0.2) is 0 Å². The molecule has 1 aliphatic carbocycles. The van der Waals surface area contributed by atoms with Gasteiger partial charge in [-0.05, 0) is 46.4 Å². The summed E-state index contributed by atoms with van der Waals surface area (Å²) in [5.74, 6) is 0. The minimum Gasteiger partial charge on any atom is -0.399 e. The third-order valence-corrected chi connectivity index (χ3v) is 4.18. The van der Waals surface area contributed by atoms with Crippen molar-refractivity contribution >= 4 is 11.4 Å². The Hall–Kier alpha value is -2.74.